The zero-order valence-electron chi connectivity index (χ0n) is 11.2. The highest BCUT2D eigenvalue weighted by molar-refractivity contribution is 5.31. The molecule has 100 valence electrons. The van der Waals surface area contributed by atoms with Gasteiger partial charge in [-0.3, -0.25) is 0 Å². The lowest BCUT2D eigenvalue weighted by Crippen LogP contribution is -2.44. The van der Waals surface area contributed by atoms with Gasteiger partial charge in [-0.15, -0.1) is 0 Å². The van der Waals surface area contributed by atoms with Crippen LogP contribution in [-0.2, 0) is 4.74 Å². The molecule has 0 unspecified atom stereocenters. The lowest BCUT2D eigenvalue weighted by atomic mass is 10.1. The molecule has 2 rings (SSSR count). The first-order chi connectivity index (χ1) is 8.70. The second kappa shape index (κ2) is 6.11. The number of hydrogen-bond donors (Lipinski definition) is 1. The molecule has 2 heterocycles. The Hall–Kier alpha value is -1.20. The zero-order chi connectivity index (χ0) is 13.0. The summed E-state index contributed by atoms with van der Waals surface area (Å²) in [6, 6.07) is 1.98. The van der Waals surface area contributed by atoms with Gasteiger partial charge >= 0.3 is 0 Å². The Morgan fingerprint density at radius 2 is 2.39 bits per heavy atom. The second-order valence-corrected chi connectivity index (χ2v) is 4.95. The highest BCUT2D eigenvalue weighted by Crippen LogP contribution is 2.17. The molecule has 1 saturated heterocycles. The molecule has 0 bridgehead atoms. The Morgan fingerprint density at radius 1 is 1.56 bits per heavy atom. The van der Waals surface area contributed by atoms with Gasteiger partial charge in [-0.1, -0.05) is 13.8 Å². The Morgan fingerprint density at radius 3 is 3.11 bits per heavy atom. The number of nitrogens with zero attached hydrogens (tertiary/aromatic N) is 3. The van der Waals surface area contributed by atoms with Crippen LogP contribution >= 0.6 is 0 Å². The van der Waals surface area contributed by atoms with Crippen LogP contribution in [0.1, 0.15) is 31.9 Å². The fourth-order valence-electron chi connectivity index (χ4n) is 2.10. The summed E-state index contributed by atoms with van der Waals surface area (Å²) in [7, 11) is 0. The average molecular weight is 250 g/mol. The van der Waals surface area contributed by atoms with E-state index in [1.807, 2.05) is 12.3 Å². The lowest BCUT2D eigenvalue weighted by Gasteiger charge is -2.33. The molecule has 5 nitrogen and oxygen atoms in total. The summed E-state index contributed by atoms with van der Waals surface area (Å²) in [5, 5.41) is 0. The minimum atomic E-state index is 0.204. The second-order valence-electron chi connectivity index (χ2n) is 4.95. The molecule has 1 aliphatic rings. The molecule has 0 aliphatic carbocycles. The monoisotopic (exact) mass is 250 g/mol. The van der Waals surface area contributed by atoms with Crippen molar-refractivity contribution in [1.82, 2.24) is 9.97 Å². The smallest absolute Gasteiger partial charge is 0.225 e. The van der Waals surface area contributed by atoms with E-state index in [-0.39, 0.29) is 6.10 Å². The van der Waals surface area contributed by atoms with Crippen molar-refractivity contribution in [2.75, 3.05) is 31.1 Å². The maximum Gasteiger partial charge on any atom is 0.225 e. The Bertz CT molecular complexity index is 381. The fraction of sp³-hybridized carbons (Fsp3) is 0.692. The van der Waals surface area contributed by atoms with E-state index >= 15 is 0 Å². The Kier molecular flexibility index (Phi) is 4.49. The van der Waals surface area contributed by atoms with Crippen LogP contribution in [0.15, 0.2) is 12.3 Å². The van der Waals surface area contributed by atoms with Gasteiger partial charge in [-0.05, 0) is 24.9 Å². The summed E-state index contributed by atoms with van der Waals surface area (Å²) < 4.78 is 5.67. The van der Waals surface area contributed by atoms with E-state index < -0.39 is 0 Å². The number of morpholine rings is 1. The summed E-state index contributed by atoms with van der Waals surface area (Å²) >= 11 is 0. The van der Waals surface area contributed by atoms with Crippen LogP contribution in [-0.4, -0.2) is 42.3 Å². The third kappa shape index (κ3) is 3.17. The standard InChI is InChI=1S/C13H22N4O/c1-10(2)12-4-6-15-13(16-12)17-7-8-18-11(9-17)3-5-14/h4,6,10-11H,3,5,7-9,14H2,1-2H3/t11-/m1/s1. The van der Waals surface area contributed by atoms with Crippen LogP contribution in [0, 0.1) is 0 Å². The molecule has 0 saturated carbocycles. The summed E-state index contributed by atoms with van der Waals surface area (Å²) in [4.78, 5) is 11.2. The van der Waals surface area contributed by atoms with Crippen LogP contribution in [0.5, 0.6) is 0 Å². The predicted molar refractivity (Wildman–Crippen MR) is 71.7 cm³/mol. The van der Waals surface area contributed by atoms with E-state index in [2.05, 4.69) is 28.7 Å². The van der Waals surface area contributed by atoms with Gasteiger partial charge in [-0.2, -0.15) is 0 Å². The maximum absolute atomic E-state index is 5.67. The molecule has 1 aliphatic heterocycles. The van der Waals surface area contributed by atoms with Crippen molar-refractivity contribution in [3.05, 3.63) is 18.0 Å². The summed E-state index contributed by atoms with van der Waals surface area (Å²) in [6.45, 7) is 7.35. The normalized spacial score (nSPS) is 20.4. The minimum Gasteiger partial charge on any atom is -0.374 e. The van der Waals surface area contributed by atoms with Gasteiger partial charge in [0, 0.05) is 25.0 Å². The van der Waals surface area contributed by atoms with Crippen LogP contribution in [0.3, 0.4) is 0 Å². The molecule has 1 aromatic heterocycles. The van der Waals surface area contributed by atoms with E-state index in [4.69, 9.17) is 10.5 Å². The molecule has 0 amide bonds. The van der Waals surface area contributed by atoms with Crippen LogP contribution < -0.4 is 10.6 Å². The number of rotatable bonds is 4. The SMILES string of the molecule is CC(C)c1ccnc(N2CCO[C@H](CCN)C2)n1. The van der Waals surface area contributed by atoms with Crippen molar-refractivity contribution in [1.29, 1.82) is 0 Å². The van der Waals surface area contributed by atoms with Gasteiger partial charge in [0.05, 0.1) is 12.7 Å². The quantitative estimate of drug-likeness (QED) is 0.868. The van der Waals surface area contributed by atoms with Crippen molar-refractivity contribution in [2.45, 2.75) is 32.3 Å². The van der Waals surface area contributed by atoms with Crippen molar-refractivity contribution in [3.63, 3.8) is 0 Å². The molecule has 0 spiro atoms. The van der Waals surface area contributed by atoms with Crippen molar-refractivity contribution >= 4 is 5.95 Å². The third-order valence-electron chi connectivity index (χ3n) is 3.17. The summed E-state index contributed by atoms with van der Waals surface area (Å²) in [5.41, 5.74) is 6.66. The van der Waals surface area contributed by atoms with Crippen molar-refractivity contribution < 1.29 is 4.74 Å². The highest BCUT2D eigenvalue weighted by atomic mass is 16.5. The largest absolute Gasteiger partial charge is 0.374 e. The first kappa shape index (κ1) is 13.2. The Balaban J connectivity index is 2.08. The number of nitrogens with two attached hydrogens (primary N) is 1. The van der Waals surface area contributed by atoms with Gasteiger partial charge in [0.1, 0.15) is 0 Å². The van der Waals surface area contributed by atoms with E-state index in [0.717, 1.165) is 37.8 Å². The van der Waals surface area contributed by atoms with Gasteiger partial charge < -0.3 is 15.4 Å². The number of ether oxygens (including phenoxy) is 1. The molecule has 18 heavy (non-hydrogen) atoms. The fourth-order valence-corrected chi connectivity index (χ4v) is 2.10. The predicted octanol–water partition coefficient (Wildman–Crippen LogP) is 1.15. The van der Waals surface area contributed by atoms with Crippen molar-refractivity contribution in [3.8, 4) is 0 Å². The van der Waals surface area contributed by atoms with E-state index in [1.54, 1.807) is 0 Å². The highest BCUT2D eigenvalue weighted by Gasteiger charge is 2.22. The van der Waals surface area contributed by atoms with Crippen LogP contribution in [0.2, 0.25) is 0 Å². The molecular formula is C13H22N4O. The van der Waals surface area contributed by atoms with Crippen LogP contribution in [0.4, 0.5) is 5.95 Å². The topological polar surface area (TPSA) is 64.3 Å². The summed E-state index contributed by atoms with van der Waals surface area (Å²) in [5.74, 6) is 1.24. The molecule has 1 atom stereocenters. The first-order valence-electron chi connectivity index (χ1n) is 6.60. The number of aromatic nitrogens is 2. The molecule has 1 aromatic rings. The van der Waals surface area contributed by atoms with Crippen molar-refractivity contribution in [2.24, 2.45) is 5.73 Å². The number of anilines is 1. The van der Waals surface area contributed by atoms with Gasteiger partial charge in [-0.25, -0.2) is 9.97 Å². The van der Waals surface area contributed by atoms with Gasteiger partial charge in [0.15, 0.2) is 0 Å². The molecule has 0 aromatic carbocycles. The van der Waals surface area contributed by atoms with Crippen LogP contribution in [0.25, 0.3) is 0 Å². The first-order valence-corrected chi connectivity index (χ1v) is 6.60. The third-order valence-corrected chi connectivity index (χ3v) is 3.17. The van der Waals surface area contributed by atoms with Gasteiger partial charge in [0.2, 0.25) is 5.95 Å². The Labute approximate surface area is 108 Å². The number of hydrogen-bond acceptors (Lipinski definition) is 5. The zero-order valence-corrected chi connectivity index (χ0v) is 11.2. The lowest BCUT2D eigenvalue weighted by molar-refractivity contribution is 0.0363. The summed E-state index contributed by atoms with van der Waals surface area (Å²) in [6.07, 6.45) is 2.93. The molecular weight excluding hydrogens is 228 g/mol. The molecule has 0 radical (unpaired) electrons. The van der Waals surface area contributed by atoms with E-state index in [9.17, 15) is 0 Å². The molecule has 1 fully saturated rings. The molecule has 2 N–H and O–H groups in total. The molecule has 5 heteroatoms. The minimum absolute atomic E-state index is 0.204. The average Bonchev–Trinajstić information content (AvgIpc) is 2.39. The van der Waals surface area contributed by atoms with E-state index in [0.29, 0.717) is 12.5 Å². The maximum atomic E-state index is 5.67. The van der Waals surface area contributed by atoms with Gasteiger partial charge in [0.25, 0.3) is 0 Å². The van der Waals surface area contributed by atoms with E-state index in [1.165, 1.54) is 0 Å².